The molecule has 0 amide bonds. The molecule has 2 aliphatic carbocycles. The number of fused-ring (bicyclic) bond motifs is 9. The minimum Gasteiger partial charge on any atom is -0.310 e. The van der Waals surface area contributed by atoms with Gasteiger partial charge in [-0.15, -0.1) is 0 Å². The molecule has 1 aromatic heterocycles. The summed E-state index contributed by atoms with van der Waals surface area (Å²) in [6.07, 6.45) is 0. The molecule has 0 radical (unpaired) electrons. The lowest BCUT2D eigenvalue weighted by molar-refractivity contribution is 0.660. The maximum absolute atomic E-state index is 2.44. The van der Waals surface area contributed by atoms with Crippen molar-refractivity contribution in [2.45, 2.75) is 38.5 Å². The summed E-state index contributed by atoms with van der Waals surface area (Å²) in [4.78, 5) is 2.41. The first kappa shape index (κ1) is 40.1. The van der Waals surface area contributed by atoms with Gasteiger partial charge in [0.05, 0.1) is 11.0 Å². The summed E-state index contributed by atoms with van der Waals surface area (Å²) in [5, 5.41) is 2.48. The van der Waals surface area contributed by atoms with Crippen LogP contribution in [0.4, 0.5) is 17.1 Å². The highest BCUT2D eigenvalue weighted by atomic mass is 15.1. The minimum atomic E-state index is -0.110. The van der Waals surface area contributed by atoms with Crippen molar-refractivity contribution in [2.75, 3.05) is 4.90 Å². The van der Waals surface area contributed by atoms with Gasteiger partial charge in [0.25, 0.3) is 0 Å². The molecule has 324 valence electrons. The van der Waals surface area contributed by atoms with E-state index in [2.05, 4.69) is 268 Å². The zero-order valence-corrected chi connectivity index (χ0v) is 38.8. The Hall–Kier alpha value is -8.20. The first-order valence-corrected chi connectivity index (χ1v) is 23.9. The summed E-state index contributed by atoms with van der Waals surface area (Å²) in [5.41, 5.74) is 24.9. The molecule has 10 aromatic carbocycles. The highest BCUT2D eigenvalue weighted by Gasteiger charge is 2.37. The average Bonchev–Trinajstić information content (AvgIpc) is 3.93. The van der Waals surface area contributed by atoms with Crippen molar-refractivity contribution in [2.24, 2.45) is 0 Å². The van der Waals surface area contributed by atoms with Gasteiger partial charge in [-0.3, -0.25) is 0 Å². The molecule has 0 saturated heterocycles. The van der Waals surface area contributed by atoms with E-state index < -0.39 is 0 Å². The quantitative estimate of drug-likeness (QED) is 0.155. The third-order valence-electron chi connectivity index (χ3n) is 15.2. The molecule has 1 heterocycles. The van der Waals surface area contributed by atoms with Gasteiger partial charge in [0, 0.05) is 44.4 Å². The molecule has 13 rings (SSSR count). The van der Waals surface area contributed by atoms with E-state index in [9.17, 15) is 0 Å². The van der Waals surface area contributed by atoms with Crippen LogP contribution in [0.5, 0.6) is 0 Å². The van der Waals surface area contributed by atoms with Crippen LogP contribution in [0, 0.1) is 0 Å². The molecule has 0 fully saturated rings. The molecule has 0 atom stereocenters. The predicted molar refractivity (Wildman–Crippen MR) is 287 cm³/mol. The van der Waals surface area contributed by atoms with E-state index in [1.165, 1.54) is 99.7 Å². The van der Waals surface area contributed by atoms with Crippen LogP contribution in [-0.2, 0) is 10.8 Å². The Morgan fingerprint density at radius 1 is 0.309 bits per heavy atom. The molecule has 0 saturated carbocycles. The van der Waals surface area contributed by atoms with Crippen LogP contribution in [-0.4, -0.2) is 4.57 Å². The van der Waals surface area contributed by atoms with Crippen molar-refractivity contribution >= 4 is 38.9 Å². The molecule has 0 aliphatic heterocycles. The Labute approximate surface area is 399 Å². The number of rotatable bonds is 7. The summed E-state index contributed by atoms with van der Waals surface area (Å²) in [5.74, 6) is 0. The zero-order valence-electron chi connectivity index (χ0n) is 38.8. The number of hydrogen-bond acceptors (Lipinski definition) is 1. The van der Waals surface area contributed by atoms with Crippen LogP contribution >= 0.6 is 0 Å². The Bertz CT molecular complexity index is 3760. The molecule has 2 heteroatoms. The van der Waals surface area contributed by atoms with Crippen molar-refractivity contribution in [3.05, 3.63) is 253 Å². The second-order valence-corrected chi connectivity index (χ2v) is 19.7. The molecule has 0 spiro atoms. The Kier molecular flexibility index (Phi) is 8.95. The Morgan fingerprint density at radius 2 is 0.765 bits per heavy atom. The molecule has 0 unspecified atom stereocenters. The van der Waals surface area contributed by atoms with Gasteiger partial charge in [-0.2, -0.15) is 0 Å². The first-order valence-electron chi connectivity index (χ1n) is 23.9. The molecular weight excluding hydrogens is 821 g/mol. The maximum Gasteiger partial charge on any atom is 0.0541 e. The lowest BCUT2D eigenvalue weighted by Crippen LogP contribution is -2.16. The zero-order chi connectivity index (χ0) is 45.7. The van der Waals surface area contributed by atoms with Crippen molar-refractivity contribution in [3.8, 4) is 61.3 Å². The summed E-state index contributed by atoms with van der Waals surface area (Å²) in [6.45, 7) is 9.44. The Morgan fingerprint density at radius 3 is 1.44 bits per heavy atom. The number of aromatic nitrogens is 1. The second kappa shape index (κ2) is 15.2. The Balaban J connectivity index is 0.930. The highest BCUT2D eigenvalue weighted by Crippen LogP contribution is 2.53. The van der Waals surface area contributed by atoms with E-state index >= 15 is 0 Å². The maximum atomic E-state index is 2.44. The van der Waals surface area contributed by atoms with Gasteiger partial charge in [-0.1, -0.05) is 185 Å². The van der Waals surface area contributed by atoms with Crippen LogP contribution in [0.3, 0.4) is 0 Å². The summed E-state index contributed by atoms with van der Waals surface area (Å²) in [7, 11) is 0. The topological polar surface area (TPSA) is 8.17 Å². The average molecular weight is 871 g/mol. The highest BCUT2D eigenvalue weighted by molar-refractivity contribution is 6.12. The minimum absolute atomic E-state index is 0.0610. The number of nitrogens with zero attached hydrogens (tertiary/aromatic N) is 2. The summed E-state index contributed by atoms with van der Waals surface area (Å²) < 4.78 is 2.42. The van der Waals surface area contributed by atoms with E-state index in [1.807, 2.05) is 0 Å². The van der Waals surface area contributed by atoms with Crippen molar-refractivity contribution in [3.63, 3.8) is 0 Å². The number of hydrogen-bond donors (Lipinski definition) is 0. The van der Waals surface area contributed by atoms with Gasteiger partial charge in [-0.25, -0.2) is 0 Å². The smallest absolute Gasteiger partial charge is 0.0541 e. The van der Waals surface area contributed by atoms with Gasteiger partial charge in [0.15, 0.2) is 0 Å². The van der Waals surface area contributed by atoms with Crippen molar-refractivity contribution in [1.29, 1.82) is 0 Å². The van der Waals surface area contributed by atoms with E-state index in [-0.39, 0.29) is 10.8 Å². The third kappa shape index (κ3) is 6.10. The van der Waals surface area contributed by atoms with E-state index in [4.69, 9.17) is 0 Å². The third-order valence-corrected chi connectivity index (χ3v) is 15.2. The summed E-state index contributed by atoms with van der Waals surface area (Å²) >= 11 is 0. The first-order chi connectivity index (χ1) is 33.2. The van der Waals surface area contributed by atoms with E-state index in [0.717, 1.165) is 22.7 Å². The molecular formula is C66H50N2. The lowest BCUT2D eigenvalue weighted by Gasteiger charge is -2.28. The monoisotopic (exact) mass is 870 g/mol. The largest absolute Gasteiger partial charge is 0.310 e. The van der Waals surface area contributed by atoms with Crippen LogP contribution < -0.4 is 4.90 Å². The lowest BCUT2D eigenvalue weighted by atomic mass is 9.82. The molecule has 2 aliphatic rings. The van der Waals surface area contributed by atoms with Crippen LogP contribution in [0.1, 0.15) is 49.9 Å². The molecule has 0 bridgehead atoms. The van der Waals surface area contributed by atoms with Gasteiger partial charge in [-0.05, 0) is 151 Å². The fourth-order valence-electron chi connectivity index (χ4n) is 11.7. The van der Waals surface area contributed by atoms with Crippen LogP contribution in [0.25, 0.3) is 83.1 Å². The van der Waals surface area contributed by atoms with Gasteiger partial charge < -0.3 is 9.47 Å². The normalized spacial score (nSPS) is 13.8. The number of benzene rings is 10. The number of para-hydroxylation sites is 1. The van der Waals surface area contributed by atoms with Crippen LogP contribution in [0.2, 0.25) is 0 Å². The fourth-order valence-corrected chi connectivity index (χ4v) is 11.7. The van der Waals surface area contributed by atoms with Crippen molar-refractivity contribution < 1.29 is 0 Å². The SMILES string of the molecule is CC1(C)c2ccccc2-c2ccc(N(c3ccc(-c4ccccc4)cc3)c3ccc(-c4ccc5c(c4)c4cc(-c6cccc7c6-c6ccccc6C7(C)C)ccc4n5-c4ccccc4)cc3)cc21. The van der Waals surface area contributed by atoms with E-state index in [0.29, 0.717) is 0 Å². The number of anilines is 3. The second-order valence-electron chi connectivity index (χ2n) is 19.7. The standard InChI is InChI=1S/C66H50N2/c1-65(2)59-24-14-12-21-55(59)64-52(22-15-25-60(64)65)47-31-39-63-57(41-47)56-40-46(30-38-62(56)68(63)48-18-9-6-10-19-48)45-28-34-50(35-29-45)67(49-32-26-44(27-33-49)43-16-7-5-8-17-43)51-36-37-54-53-20-11-13-23-58(53)66(3,4)61(54)42-51/h5-42H,1-4H3. The molecule has 68 heavy (non-hydrogen) atoms. The van der Waals surface area contributed by atoms with Crippen LogP contribution in [0.15, 0.2) is 231 Å². The molecule has 2 nitrogen and oxygen atoms in total. The molecule has 11 aromatic rings. The summed E-state index contributed by atoms with van der Waals surface area (Å²) in [6, 6.07) is 85.5. The van der Waals surface area contributed by atoms with Crippen molar-refractivity contribution in [1.82, 2.24) is 4.57 Å². The predicted octanol–water partition coefficient (Wildman–Crippen LogP) is 17.9. The van der Waals surface area contributed by atoms with E-state index in [1.54, 1.807) is 0 Å². The fraction of sp³-hybridized carbons (Fsp3) is 0.0909. The van der Waals surface area contributed by atoms with Gasteiger partial charge >= 0.3 is 0 Å². The van der Waals surface area contributed by atoms with Gasteiger partial charge in [0.2, 0.25) is 0 Å². The molecule has 0 N–H and O–H groups in total. The van der Waals surface area contributed by atoms with Gasteiger partial charge in [0.1, 0.15) is 0 Å².